The quantitative estimate of drug-likeness (QED) is 0.846. The van der Waals surface area contributed by atoms with E-state index in [0.717, 1.165) is 18.7 Å². The minimum atomic E-state index is -0.129. The van der Waals surface area contributed by atoms with Gasteiger partial charge >= 0.3 is 0 Å². The van der Waals surface area contributed by atoms with Crippen LogP contribution in [0.25, 0.3) is 0 Å². The SMILES string of the molecule is O=C(c1cc(Cl)c(Cl)[nH]1)N1CCC(C(=O)N2CCc3ccccc32)CC1. The average Bonchev–Trinajstić information content (AvgIpc) is 3.24. The van der Waals surface area contributed by atoms with Crippen molar-refractivity contribution in [3.8, 4) is 0 Å². The summed E-state index contributed by atoms with van der Waals surface area (Å²) in [5, 5.41) is 0.612. The molecule has 136 valence electrons. The molecule has 0 unspecified atom stereocenters. The fraction of sp³-hybridized carbons (Fsp3) is 0.368. The predicted octanol–water partition coefficient (Wildman–Crippen LogP) is 3.76. The number of rotatable bonds is 2. The maximum absolute atomic E-state index is 12.9. The van der Waals surface area contributed by atoms with Gasteiger partial charge in [0.15, 0.2) is 0 Å². The lowest BCUT2D eigenvalue weighted by molar-refractivity contribution is -0.123. The number of hydrogen-bond donors (Lipinski definition) is 1. The van der Waals surface area contributed by atoms with Crippen LogP contribution in [-0.4, -0.2) is 41.3 Å². The van der Waals surface area contributed by atoms with E-state index in [1.54, 1.807) is 11.0 Å². The third-order valence-electron chi connectivity index (χ3n) is 5.24. The summed E-state index contributed by atoms with van der Waals surface area (Å²) < 4.78 is 0. The molecule has 2 aromatic rings. The lowest BCUT2D eigenvalue weighted by atomic mass is 9.95. The molecule has 1 saturated heterocycles. The topological polar surface area (TPSA) is 56.4 Å². The van der Waals surface area contributed by atoms with Crippen LogP contribution in [0.3, 0.4) is 0 Å². The molecule has 1 N–H and O–H groups in total. The monoisotopic (exact) mass is 391 g/mol. The number of nitrogens with zero attached hydrogens (tertiary/aromatic N) is 2. The van der Waals surface area contributed by atoms with Crippen molar-refractivity contribution in [3.05, 3.63) is 51.8 Å². The standard InChI is InChI=1S/C19H19Cl2N3O2/c20-14-11-15(22-17(14)21)19(26)23-8-5-13(6-9-23)18(25)24-10-7-12-3-1-2-4-16(12)24/h1-4,11,13,22H,5-10H2. The van der Waals surface area contributed by atoms with E-state index in [1.165, 1.54) is 5.56 Å². The number of aromatic amines is 1. The van der Waals surface area contributed by atoms with E-state index in [4.69, 9.17) is 23.2 Å². The maximum atomic E-state index is 12.9. The molecule has 0 radical (unpaired) electrons. The molecule has 1 aromatic carbocycles. The first-order valence-electron chi connectivity index (χ1n) is 8.77. The maximum Gasteiger partial charge on any atom is 0.270 e. The van der Waals surface area contributed by atoms with Crippen LogP contribution >= 0.6 is 23.2 Å². The van der Waals surface area contributed by atoms with Gasteiger partial charge in [-0.15, -0.1) is 0 Å². The van der Waals surface area contributed by atoms with E-state index in [2.05, 4.69) is 11.1 Å². The third kappa shape index (κ3) is 3.10. The summed E-state index contributed by atoms with van der Waals surface area (Å²) in [6, 6.07) is 9.62. The lowest BCUT2D eigenvalue weighted by Crippen LogP contribution is -2.44. The molecule has 2 amide bonds. The second-order valence-corrected chi connectivity index (χ2v) is 7.57. The molecule has 1 aromatic heterocycles. The van der Waals surface area contributed by atoms with Gasteiger partial charge < -0.3 is 14.8 Å². The van der Waals surface area contributed by atoms with Crippen LogP contribution in [0.1, 0.15) is 28.9 Å². The van der Waals surface area contributed by atoms with E-state index < -0.39 is 0 Å². The summed E-state index contributed by atoms with van der Waals surface area (Å²) in [4.78, 5) is 31.9. The third-order valence-corrected chi connectivity index (χ3v) is 5.93. The summed E-state index contributed by atoms with van der Waals surface area (Å²) >= 11 is 11.8. The average molecular weight is 392 g/mol. The minimum absolute atomic E-state index is 0.0407. The van der Waals surface area contributed by atoms with Crippen LogP contribution in [0.4, 0.5) is 5.69 Å². The molecule has 5 nitrogen and oxygen atoms in total. The number of nitrogens with one attached hydrogen (secondary N) is 1. The molecule has 0 saturated carbocycles. The number of hydrogen-bond acceptors (Lipinski definition) is 2. The van der Waals surface area contributed by atoms with Crippen molar-refractivity contribution < 1.29 is 9.59 Å². The number of carbonyl (C=O) groups excluding carboxylic acids is 2. The number of fused-ring (bicyclic) bond motifs is 1. The number of benzene rings is 1. The van der Waals surface area contributed by atoms with Crippen molar-refractivity contribution in [1.29, 1.82) is 0 Å². The van der Waals surface area contributed by atoms with E-state index >= 15 is 0 Å². The molecule has 26 heavy (non-hydrogen) atoms. The van der Waals surface area contributed by atoms with Crippen LogP contribution in [-0.2, 0) is 11.2 Å². The second-order valence-electron chi connectivity index (χ2n) is 6.78. The zero-order valence-electron chi connectivity index (χ0n) is 14.2. The lowest BCUT2D eigenvalue weighted by Gasteiger charge is -2.33. The summed E-state index contributed by atoms with van der Waals surface area (Å²) in [6.45, 7) is 1.86. The van der Waals surface area contributed by atoms with Gasteiger partial charge in [0.2, 0.25) is 5.91 Å². The van der Waals surface area contributed by atoms with Crippen LogP contribution in [0.5, 0.6) is 0 Å². The highest BCUT2D eigenvalue weighted by molar-refractivity contribution is 6.41. The Morgan fingerprint density at radius 2 is 1.81 bits per heavy atom. The first kappa shape index (κ1) is 17.4. The Morgan fingerprint density at radius 1 is 1.08 bits per heavy atom. The number of H-pyrrole nitrogens is 1. The van der Waals surface area contributed by atoms with Crippen LogP contribution in [0.15, 0.2) is 30.3 Å². The van der Waals surface area contributed by atoms with Gasteiger partial charge in [-0.05, 0) is 37.0 Å². The molecule has 0 bridgehead atoms. The van der Waals surface area contributed by atoms with Gasteiger partial charge in [0.05, 0.1) is 5.02 Å². The Hall–Kier alpha value is -1.98. The highest BCUT2D eigenvalue weighted by Gasteiger charge is 2.33. The minimum Gasteiger partial charge on any atom is -0.340 e. The number of anilines is 1. The van der Waals surface area contributed by atoms with Gasteiger partial charge in [-0.3, -0.25) is 9.59 Å². The van der Waals surface area contributed by atoms with Crippen LogP contribution in [0.2, 0.25) is 10.2 Å². The number of para-hydroxylation sites is 1. The van der Waals surface area contributed by atoms with E-state index in [0.29, 0.717) is 36.6 Å². The van der Waals surface area contributed by atoms with Crippen molar-refractivity contribution in [2.75, 3.05) is 24.5 Å². The summed E-state index contributed by atoms with van der Waals surface area (Å²) in [7, 11) is 0. The van der Waals surface area contributed by atoms with Gasteiger partial charge in [-0.25, -0.2) is 0 Å². The Balaban J connectivity index is 1.39. The Bertz CT molecular complexity index is 837. The molecule has 2 aliphatic heterocycles. The number of aromatic nitrogens is 1. The van der Waals surface area contributed by atoms with Gasteiger partial charge in [-0.2, -0.15) is 0 Å². The number of likely N-dealkylation sites (tertiary alicyclic amines) is 1. The first-order chi connectivity index (χ1) is 12.5. The zero-order chi connectivity index (χ0) is 18.3. The molecule has 4 rings (SSSR count). The van der Waals surface area contributed by atoms with Crippen molar-refractivity contribution in [1.82, 2.24) is 9.88 Å². The highest BCUT2D eigenvalue weighted by Crippen LogP contribution is 2.31. The van der Waals surface area contributed by atoms with Crippen molar-refractivity contribution >= 4 is 40.7 Å². The van der Waals surface area contributed by atoms with Gasteiger partial charge in [-0.1, -0.05) is 41.4 Å². The van der Waals surface area contributed by atoms with Crippen molar-refractivity contribution in [2.24, 2.45) is 5.92 Å². The number of carbonyl (C=O) groups is 2. The summed E-state index contributed by atoms with van der Waals surface area (Å²) in [5.41, 5.74) is 2.65. The van der Waals surface area contributed by atoms with E-state index in [1.807, 2.05) is 23.1 Å². The van der Waals surface area contributed by atoms with Gasteiger partial charge in [0.1, 0.15) is 10.8 Å². The summed E-state index contributed by atoms with van der Waals surface area (Å²) in [6.07, 6.45) is 2.25. The van der Waals surface area contributed by atoms with Crippen molar-refractivity contribution in [2.45, 2.75) is 19.3 Å². The fourth-order valence-corrected chi connectivity index (χ4v) is 4.12. The van der Waals surface area contributed by atoms with Gasteiger partial charge in [0, 0.05) is 31.2 Å². The molecule has 0 spiro atoms. The molecular formula is C19H19Cl2N3O2. The number of piperidine rings is 1. The molecule has 1 fully saturated rings. The van der Waals surface area contributed by atoms with E-state index in [-0.39, 0.29) is 22.9 Å². The Labute approximate surface area is 161 Å². The van der Waals surface area contributed by atoms with Crippen LogP contribution in [0, 0.1) is 5.92 Å². The predicted molar refractivity (Wildman–Crippen MR) is 102 cm³/mol. The smallest absolute Gasteiger partial charge is 0.270 e. The zero-order valence-corrected chi connectivity index (χ0v) is 15.7. The second kappa shape index (κ2) is 6.97. The van der Waals surface area contributed by atoms with Gasteiger partial charge in [0.25, 0.3) is 5.91 Å². The molecular weight excluding hydrogens is 373 g/mol. The Morgan fingerprint density at radius 3 is 2.50 bits per heavy atom. The fourth-order valence-electron chi connectivity index (χ4n) is 3.81. The largest absolute Gasteiger partial charge is 0.340 e. The number of halogens is 2. The number of amides is 2. The summed E-state index contributed by atoms with van der Waals surface area (Å²) in [5.74, 6) is 0.00486. The molecule has 0 atom stereocenters. The van der Waals surface area contributed by atoms with E-state index in [9.17, 15) is 9.59 Å². The van der Waals surface area contributed by atoms with Crippen molar-refractivity contribution in [3.63, 3.8) is 0 Å². The molecule has 2 aliphatic rings. The molecule has 0 aliphatic carbocycles. The Kier molecular flexibility index (Phi) is 4.67. The first-order valence-corrected chi connectivity index (χ1v) is 9.53. The molecule has 3 heterocycles. The molecule has 7 heteroatoms. The normalized spacial score (nSPS) is 17.5. The highest BCUT2D eigenvalue weighted by atomic mass is 35.5. The van der Waals surface area contributed by atoms with Crippen LogP contribution < -0.4 is 4.90 Å².